The molecule has 108 valence electrons. The number of rotatable bonds is 4. The highest BCUT2D eigenvalue weighted by Gasteiger charge is 2.12. The molecule has 4 nitrogen and oxygen atoms in total. The second-order valence-corrected chi connectivity index (χ2v) is 5.35. The molecule has 2 aromatic heterocycles. The summed E-state index contributed by atoms with van der Waals surface area (Å²) in [6, 6.07) is 6.42. The van der Waals surface area contributed by atoms with Crippen LogP contribution in [-0.4, -0.2) is 23.6 Å². The van der Waals surface area contributed by atoms with Crippen molar-refractivity contribution in [2.45, 2.75) is 6.92 Å². The van der Waals surface area contributed by atoms with Crippen LogP contribution in [0.25, 0.3) is 21.6 Å². The maximum atomic E-state index is 13.4. The van der Waals surface area contributed by atoms with E-state index in [1.54, 1.807) is 13.2 Å². The molecule has 0 unspecified atom stereocenters. The number of aromatic nitrogens is 2. The van der Waals surface area contributed by atoms with Gasteiger partial charge in [-0.1, -0.05) is 0 Å². The van der Waals surface area contributed by atoms with E-state index in [1.807, 2.05) is 18.4 Å². The number of anilines is 1. The standard InChI is InChI=1S/C15H14FN3OS/c1-3-17-14-11-6-9(16)4-5-12(11)18-15(19-14)13-7-10(20-2)8-21-13/h4-8H,3H2,1-2H3,(H,17,18,19). The van der Waals surface area contributed by atoms with Crippen molar-refractivity contribution >= 4 is 28.1 Å². The van der Waals surface area contributed by atoms with Gasteiger partial charge in [-0.3, -0.25) is 0 Å². The highest BCUT2D eigenvalue weighted by Crippen LogP contribution is 2.31. The Bertz CT molecular complexity index is 788. The zero-order chi connectivity index (χ0) is 14.8. The van der Waals surface area contributed by atoms with E-state index >= 15 is 0 Å². The van der Waals surface area contributed by atoms with E-state index in [2.05, 4.69) is 15.3 Å². The molecule has 0 aliphatic heterocycles. The molecule has 0 spiro atoms. The Kier molecular flexibility index (Phi) is 3.70. The average molecular weight is 303 g/mol. The Morgan fingerprint density at radius 1 is 1.29 bits per heavy atom. The number of thiophene rings is 1. The Hall–Kier alpha value is -2.21. The molecule has 0 bridgehead atoms. The fourth-order valence-corrected chi connectivity index (χ4v) is 2.84. The van der Waals surface area contributed by atoms with Gasteiger partial charge in [0.25, 0.3) is 0 Å². The number of nitrogens with one attached hydrogen (secondary N) is 1. The lowest BCUT2D eigenvalue weighted by molar-refractivity contribution is 0.417. The third-order valence-corrected chi connectivity index (χ3v) is 3.94. The Morgan fingerprint density at radius 2 is 2.14 bits per heavy atom. The predicted molar refractivity (Wildman–Crippen MR) is 83.5 cm³/mol. The topological polar surface area (TPSA) is 47.0 Å². The summed E-state index contributed by atoms with van der Waals surface area (Å²) in [5.41, 5.74) is 0.713. The Balaban J connectivity index is 2.17. The van der Waals surface area contributed by atoms with Crippen LogP contribution < -0.4 is 10.1 Å². The van der Waals surface area contributed by atoms with E-state index in [0.717, 1.165) is 10.6 Å². The minimum atomic E-state index is -0.296. The van der Waals surface area contributed by atoms with Crippen LogP contribution in [0.1, 0.15) is 6.92 Å². The quantitative estimate of drug-likeness (QED) is 0.793. The van der Waals surface area contributed by atoms with Crippen molar-refractivity contribution in [3.05, 3.63) is 35.5 Å². The van der Waals surface area contributed by atoms with Gasteiger partial charge in [0.05, 0.1) is 17.5 Å². The van der Waals surface area contributed by atoms with Crippen LogP contribution in [0.5, 0.6) is 5.75 Å². The van der Waals surface area contributed by atoms with Gasteiger partial charge in [0, 0.05) is 23.4 Å². The number of ether oxygens (including phenoxy) is 1. The van der Waals surface area contributed by atoms with E-state index in [9.17, 15) is 4.39 Å². The zero-order valence-corrected chi connectivity index (χ0v) is 12.5. The molecular weight excluding hydrogens is 289 g/mol. The maximum Gasteiger partial charge on any atom is 0.172 e. The summed E-state index contributed by atoms with van der Waals surface area (Å²) in [5, 5.41) is 5.75. The van der Waals surface area contributed by atoms with Crippen LogP contribution in [0, 0.1) is 5.82 Å². The first kappa shape index (κ1) is 13.8. The molecular formula is C15H14FN3OS. The number of hydrogen-bond donors (Lipinski definition) is 1. The maximum absolute atomic E-state index is 13.4. The molecule has 21 heavy (non-hydrogen) atoms. The SMILES string of the molecule is CCNc1nc(-c2cc(OC)cs2)nc2ccc(F)cc12. The van der Waals surface area contributed by atoms with Crippen molar-refractivity contribution in [1.29, 1.82) is 0 Å². The van der Waals surface area contributed by atoms with Gasteiger partial charge in [0.1, 0.15) is 17.4 Å². The minimum absolute atomic E-state index is 0.296. The summed E-state index contributed by atoms with van der Waals surface area (Å²) in [4.78, 5) is 9.94. The fraction of sp³-hybridized carbons (Fsp3) is 0.200. The van der Waals surface area contributed by atoms with Crippen molar-refractivity contribution in [3.63, 3.8) is 0 Å². The van der Waals surface area contributed by atoms with Crippen molar-refractivity contribution in [3.8, 4) is 16.5 Å². The van der Waals surface area contributed by atoms with E-state index in [1.165, 1.54) is 23.5 Å². The molecule has 3 rings (SSSR count). The summed E-state index contributed by atoms with van der Waals surface area (Å²) < 4.78 is 18.6. The van der Waals surface area contributed by atoms with Gasteiger partial charge in [0.2, 0.25) is 0 Å². The second kappa shape index (κ2) is 5.65. The van der Waals surface area contributed by atoms with Gasteiger partial charge < -0.3 is 10.1 Å². The molecule has 0 fully saturated rings. The first-order chi connectivity index (χ1) is 10.2. The number of halogens is 1. The van der Waals surface area contributed by atoms with E-state index in [4.69, 9.17) is 4.74 Å². The van der Waals surface area contributed by atoms with Gasteiger partial charge in [0.15, 0.2) is 5.82 Å². The summed E-state index contributed by atoms with van der Waals surface area (Å²) in [6.45, 7) is 2.68. The van der Waals surface area contributed by atoms with Gasteiger partial charge in [-0.05, 0) is 25.1 Å². The van der Waals surface area contributed by atoms with Crippen LogP contribution in [0.15, 0.2) is 29.6 Å². The largest absolute Gasteiger partial charge is 0.496 e. The minimum Gasteiger partial charge on any atom is -0.496 e. The lowest BCUT2D eigenvalue weighted by atomic mass is 10.2. The highest BCUT2D eigenvalue weighted by molar-refractivity contribution is 7.13. The molecule has 3 aromatic rings. The number of methoxy groups -OCH3 is 1. The zero-order valence-electron chi connectivity index (χ0n) is 11.7. The molecule has 0 radical (unpaired) electrons. The first-order valence-electron chi connectivity index (χ1n) is 6.55. The predicted octanol–water partition coefficient (Wildman–Crippen LogP) is 3.94. The Labute approximate surface area is 125 Å². The average Bonchev–Trinajstić information content (AvgIpc) is 2.97. The molecule has 0 saturated carbocycles. The number of fused-ring (bicyclic) bond motifs is 1. The van der Waals surface area contributed by atoms with E-state index < -0.39 is 0 Å². The van der Waals surface area contributed by atoms with Crippen LogP contribution in [0.4, 0.5) is 10.2 Å². The molecule has 1 aromatic carbocycles. The monoisotopic (exact) mass is 303 g/mol. The number of nitrogens with zero attached hydrogens (tertiary/aromatic N) is 2. The normalized spacial score (nSPS) is 10.8. The van der Waals surface area contributed by atoms with Gasteiger partial charge >= 0.3 is 0 Å². The first-order valence-corrected chi connectivity index (χ1v) is 7.43. The van der Waals surface area contributed by atoms with E-state index in [0.29, 0.717) is 29.1 Å². The summed E-state index contributed by atoms with van der Waals surface area (Å²) >= 11 is 1.51. The van der Waals surface area contributed by atoms with Crippen LogP contribution in [0.2, 0.25) is 0 Å². The molecule has 0 amide bonds. The van der Waals surface area contributed by atoms with Crippen molar-refractivity contribution in [1.82, 2.24) is 9.97 Å². The molecule has 0 atom stereocenters. The van der Waals surface area contributed by atoms with Gasteiger partial charge in [-0.15, -0.1) is 11.3 Å². The van der Waals surface area contributed by atoms with Crippen LogP contribution in [-0.2, 0) is 0 Å². The second-order valence-electron chi connectivity index (χ2n) is 4.44. The smallest absolute Gasteiger partial charge is 0.172 e. The lowest BCUT2D eigenvalue weighted by Crippen LogP contribution is -2.02. The van der Waals surface area contributed by atoms with Gasteiger partial charge in [-0.25, -0.2) is 14.4 Å². The molecule has 1 N–H and O–H groups in total. The fourth-order valence-electron chi connectivity index (χ4n) is 2.06. The highest BCUT2D eigenvalue weighted by atomic mass is 32.1. The third kappa shape index (κ3) is 2.67. The molecule has 6 heteroatoms. The van der Waals surface area contributed by atoms with Crippen molar-refractivity contribution in [2.24, 2.45) is 0 Å². The summed E-state index contributed by atoms with van der Waals surface area (Å²) in [5.74, 6) is 1.74. The van der Waals surface area contributed by atoms with Crippen molar-refractivity contribution < 1.29 is 9.13 Å². The van der Waals surface area contributed by atoms with Crippen LogP contribution in [0.3, 0.4) is 0 Å². The van der Waals surface area contributed by atoms with Gasteiger partial charge in [-0.2, -0.15) is 0 Å². The lowest BCUT2D eigenvalue weighted by Gasteiger charge is -2.08. The summed E-state index contributed by atoms with van der Waals surface area (Å²) in [7, 11) is 1.62. The summed E-state index contributed by atoms with van der Waals surface area (Å²) in [6.07, 6.45) is 0. The van der Waals surface area contributed by atoms with Crippen molar-refractivity contribution in [2.75, 3.05) is 19.0 Å². The van der Waals surface area contributed by atoms with E-state index in [-0.39, 0.29) is 5.82 Å². The number of benzene rings is 1. The molecule has 0 aliphatic carbocycles. The molecule has 0 aliphatic rings. The molecule has 2 heterocycles. The molecule has 0 saturated heterocycles. The Morgan fingerprint density at radius 3 is 2.86 bits per heavy atom. The van der Waals surface area contributed by atoms with Crippen LogP contribution >= 0.6 is 11.3 Å². The third-order valence-electron chi connectivity index (χ3n) is 3.03. The number of hydrogen-bond acceptors (Lipinski definition) is 5.